The molecule has 0 saturated heterocycles. The lowest BCUT2D eigenvalue weighted by Gasteiger charge is -2.11. The normalized spacial score (nSPS) is 13.7. The molecule has 25 heavy (non-hydrogen) atoms. The second kappa shape index (κ2) is 6.02. The molecule has 0 amide bonds. The van der Waals surface area contributed by atoms with Crippen LogP contribution in [0.25, 0.3) is 22.4 Å². The molecule has 2 heterocycles. The fourth-order valence-corrected chi connectivity index (χ4v) is 3.41. The Labute approximate surface area is 151 Å². The number of hydrogen-bond acceptors (Lipinski definition) is 3. The Balaban J connectivity index is 1.93. The molecular weight excluding hydrogens is 332 g/mol. The number of benzene rings is 1. The van der Waals surface area contributed by atoms with E-state index in [2.05, 4.69) is 27.1 Å². The van der Waals surface area contributed by atoms with E-state index in [1.807, 2.05) is 38.1 Å². The van der Waals surface area contributed by atoms with Crippen molar-refractivity contribution in [3.8, 4) is 28.5 Å². The van der Waals surface area contributed by atoms with Crippen LogP contribution in [0, 0.1) is 25.2 Å². The molecule has 2 aromatic heterocycles. The smallest absolute Gasteiger partial charge is 0.129 e. The summed E-state index contributed by atoms with van der Waals surface area (Å²) < 4.78 is 0. The van der Waals surface area contributed by atoms with Gasteiger partial charge < -0.3 is 4.98 Å². The number of imidazole rings is 1. The van der Waals surface area contributed by atoms with Gasteiger partial charge in [0.15, 0.2) is 0 Å². The van der Waals surface area contributed by atoms with Crippen molar-refractivity contribution < 1.29 is 0 Å². The summed E-state index contributed by atoms with van der Waals surface area (Å²) in [7, 11) is 0. The first-order chi connectivity index (χ1) is 12.0. The van der Waals surface area contributed by atoms with Crippen molar-refractivity contribution in [3.05, 3.63) is 58.3 Å². The number of halogens is 1. The zero-order chi connectivity index (χ0) is 17.6. The molecule has 0 spiro atoms. The Kier molecular flexibility index (Phi) is 3.82. The zero-order valence-electron chi connectivity index (χ0n) is 14.1. The number of pyridine rings is 1. The highest BCUT2D eigenvalue weighted by Gasteiger charge is 2.26. The van der Waals surface area contributed by atoms with Gasteiger partial charge in [0.05, 0.1) is 17.3 Å². The van der Waals surface area contributed by atoms with Crippen LogP contribution in [0.4, 0.5) is 0 Å². The summed E-state index contributed by atoms with van der Waals surface area (Å²) >= 11 is 6.28. The van der Waals surface area contributed by atoms with E-state index in [1.54, 1.807) is 0 Å². The summed E-state index contributed by atoms with van der Waals surface area (Å²) in [5, 5.41) is 9.81. The maximum Gasteiger partial charge on any atom is 0.129 e. The maximum atomic E-state index is 9.30. The lowest BCUT2D eigenvalue weighted by atomic mass is 9.95. The molecule has 1 saturated carbocycles. The quantitative estimate of drug-likeness (QED) is 0.665. The molecule has 0 bridgehead atoms. The van der Waals surface area contributed by atoms with Crippen molar-refractivity contribution in [1.29, 1.82) is 5.26 Å². The van der Waals surface area contributed by atoms with Crippen LogP contribution in [-0.4, -0.2) is 15.0 Å². The van der Waals surface area contributed by atoms with Gasteiger partial charge in [-0.1, -0.05) is 17.7 Å². The first kappa shape index (κ1) is 15.9. The highest BCUT2D eigenvalue weighted by Crippen LogP contribution is 2.42. The number of aromatic amines is 1. The van der Waals surface area contributed by atoms with Crippen molar-refractivity contribution in [1.82, 2.24) is 15.0 Å². The van der Waals surface area contributed by atoms with Gasteiger partial charge in [0, 0.05) is 22.9 Å². The van der Waals surface area contributed by atoms with E-state index in [-0.39, 0.29) is 0 Å². The minimum atomic E-state index is 0.504. The molecule has 1 N–H and O–H groups in total. The SMILES string of the molecule is Cc1nc(-c2cc(C#N)ccc2-c2cc(Cl)nc(C3CC3)c2)c(C)[nH]1. The predicted molar refractivity (Wildman–Crippen MR) is 98.4 cm³/mol. The number of nitriles is 1. The Morgan fingerprint density at radius 3 is 2.56 bits per heavy atom. The molecule has 124 valence electrons. The molecule has 0 aliphatic heterocycles. The van der Waals surface area contributed by atoms with E-state index < -0.39 is 0 Å². The first-order valence-electron chi connectivity index (χ1n) is 8.30. The predicted octanol–water partition coefficient (Wildman–Crippen LogP) is 5.16. The molecule has 0 radical (unpaired) electrons. The second-order valence-corrected chi connectivity index (χ2v) is 6.93. The number of aryl methyl sites for hydroxylation is 2. The van der Waals surface area contributed by atoms with Crippen LogP contribution in [0.15, 0.2) is 30.3 Å². The van der Waals surface area contributed by atoms with E-state index in [0.717, 1.165) is 39.6 Å². The Bertz CT molecular complexity index is 1010. The van der Waals surface area contributed by atoms with Crippen LogP contribution < -0.4 is 0 Å². The minimum absolute atomic E-state index is 0.504. The van der Waals surface area contributed by atoms with Gasteiger partial charge in [-0.3, -0.25) is 0 Å². The molecule has 4 rings (SSSR count). The Hall–Kier alpha value is -2.64. The molecule has 4 nitrogen and oxygen atoms in total. The third-order valence-electron chi connectivity index (χ3n) is 4.53. The third-order valence-corrected chi connectivity index (χ3v) is 4.72. The highest BCUT2D eigenvalue weighted by molar-refractivity contribution is 6.29. The van der Waals surface area contributed by atoms with Gasteiger partial charge in [0.25, 0.3) is 0 Å². The van der Waals surface area contributed by atoms with Gasteiger partial charge in [-0.05, 0) is 62.1 Å². The van der Waals surface area contributed by atoms with Gasteiger partial charge in [0.1, 0.15) is 11.0 Å². The molecular formula is C20H17ClN4. The van der Waals surface area contributed by atoms with Gasteiger partial charge in [0.2, 0.25) is 0 Å². The summed E-state index contributed by atoms with van der Waals surface area (Å²) in [6.07, 6.45) is 2.34. The van der Waals surface area contributed by atoms with Gasteiger partial charge >= 0.3 is 0 Å². The molecule has 3 aromatic rings. The number of H-pyrrole nitrogens is 1. The third kappa shape index (κ3) is 3.04. The lowest BCUT2D eigenvalue weighted by molar-refractivity contribution is 1.02. The van der Waals surface area contributed by atoms with Crippen molar-refractivity contribution in [2.24, 2.45) is 0 Å². The van der Waals surface area contributed by atoms with Crippen molar-refractivity contribution in [2.75, 3.05) is 0 Å². The summed E-state index contributed by atoms with van der Waals surface area (Å²) in [6.45, 7) is 3.92. The highest BCUT2D eigenvalue weighted by atomic mass is 35.5. The summed E-state index contributed by atoms with van der Waals surface area (Å²) in [6, 6.07) is 11.9. The second-order valence-electron chi connectivity index (χ2n) is 6.55. The lowest BCUT2D eigenvalue weighted by Crippen LogP contribution is -1.93. The van der Waals surface area contributed by atoms with Crippen LogP contribution in [0.2, 0.25) is 5.15 Å². The van der Waals surface area contributed by atoms with E-state index >= 15 is 0 Å². The topological polar surface area (TPSA) is 65.4 Å². The molecule has 1 aromatic carbocycles. The van der Waals surface area contributed by atoms with Crippen LogP contribution in [0.1, 0.15) is 41.5 Å². The van der Waals surface area contributed by atoms with Crippen LogP contribution >= 0.6 is 11.6 Å². The first-order valence-corrected chi connectivity index (χ1v) is 8.68. The van der Waals surface area contributed by atoms with Crippen LogP contribution in [0.5, 0.6) is 0 Å². The van der Waals surface area contributed by atoms with E-state index in [1.165, 1.54) is 12.8 Å². The fourth-order valence-electron chi connectivity index (χ4n) is 3.19. The maximum absolute atomic E-state index is 9.30. The largest absolute Gasteiger partial charge is 0.346 e. The van der Waals surface area contributed by atoms with Gasteiger partial charge in [-0.25, -0.2) is 9.97 Å². The van der Waals surface area contributed by atoms with Crippen molar-refractivity contribution >= 4 is 11.6 Å². The molecule has 0 unspecified atom stereocenters. The molecule has 5 heteroatoms. The van der Waals surface area contributed by atoms with Crippen molar-refractivity contribution in [3.63, 3.8) is 0 Å². The Morgan fingerprint density at radius 2 is 1.92 bits per heavy atom. The number of nitrogens with zero attached hydrogens (tertiary/aromatic N) is 3. The van der Waals surface area contributed by atoms with Crippen LogP contribution in [-0.2, 0) is 0 Å². The average molecular weight is 349 g/mol. The van der Waals surface area contributed by atoms with E-state index in [9.17, 15) is 5.26 Å². The molecule has 1 aliphatic carbocycles. The Morgan fingerprint density at radius 1 is 1.12 bits per heavy atom. The summed E-state index contributed by atoms with van der Waals surface area (Å²) in [5.74, 6) is 1.38. The fraction of sp³-hybridized carbons (Fsp3) is 0.250. The summed E-state index contributed by atoms with van der Waals surface area (Å²) in [5.41, 5.74) is 6.47. The van der Waals surface area contributed by atoms with Gasteiger partial charge in [-0.15, -0.1) is 0 Å². The number of rotatable bonds is 3. The molecule has 1 fully saturated rings. The average Bonchev–Trinajstić information content (AvgIpc) is 3.38. The number of hydrogen-bond donors (Lipinski definition) is 1. The number of aromatic nitrogens is 3. The number of nitrogens with one attached hydrogen (secondary N) is 1. The van der Waals surface area contributed by atoms with Crippen LogP contribution in [0.3, 0.4) is 0 Å². The van der Waals surface area contributed by atoms with Crippen molar-refractivity contribution in [2.45, 2.75) is 32.6 Å². The van der Waals surface area contributed by atoms with Gasteiger partial charge in [-0.2, -0.15) is 5.26 Å². The zero-order valence-corrected chi connectivity index (χ0v) is 14.9. The molecule has 1 aliphatic rings. The van der Waals surface area contributed by atoms with E-state index in [4.69, 9.17) is 11.6 Å². The van der Waals surface area contributed by atoms with E-state index in [0.29, 0.717) is 16.6 Å². The monoisotopic (exact) mass is 348 g/mol. The summed E-state index contributed by atoms with van der Waals surface area (Å²) in [4.78, 5) is 12.3. The standard InChI is InChI=1S/C20H17ClN4/c1-11-20(24-12(2)23-11)17-7-13(10-22)3-6-16(17)15-8-18(14-4-5-14)25-19(21)9-15/h3,6-9,14H,4-5H2,1-2H3,(H,23,24). The minimum Gasteiger partial charge on any atom is -0.346 e. The molecule has 0 atom stereocenters.